The molecule has 6 fully saturated rings. The van der Waals surface area contributed by atoms with Crippen LogP contribution in [-0.4, -0.2) is 64.6 Å². The van der Waals surface area contributed by atoms with Crippen molar-refractivity contribution in [2.75, 3.05) is 7.05 Å². The summed E-state index contributed by atoms with van der Waals surface area (Å²) < 4.78 is 12.2. The van der Waals surface area contributed by atoms with Gasteiger partial charge in [0.15, 0.2) is 0 Å². The zero-order chi connectivity index (χ0) is 28.6. The molecule has 6 aliphatic rings. The Labute approximate surface area is 234 Å². The SMILES string of the molecule is CNC(=O)OC(C)(C)[C@@H](O)[C@H]1C[C@@H](C)[C@H]2[C@H](O1)[C@H](O)[C@@]1(C)C3CC[C@H]4C(C)(C)[C@@H](O)CC[C@@]45C[C@@]35CC[C@]21C. The van der Waals surface area contributed by atoms with E-state index in [2.05, 4.69) is 39.9 Å². The molecule has 7 heteroatoms. The first-order valence-electron chi connectivity index (χ1n) is 15.6. The van der Waals surface area contributed by atoms with E-state index in [1.54, 1.807) is 13.8 Å². The maximum Gasteiger partial charge on any atom is 0.407 e. The van der Waals surface area contributed by atoms with Crippen molar-refractivity contribution in [1.29, 1.82) is 0 Å². The summed E-state index contributed by atoms with van der Waals surface area (Å²) in [7, 11) is 1.51. The largest absolute Gasteiger partial charge is 0.441 e. The summed E-state index contributed by atoms with van der Waals surface area (Å²) in [5, 5.41) is 37.1. The molecule has 0 aromatic rings. The Hall–Kier alpha value is -0.890. The summed E-state index contributed by atoms with van der Waals surface area (Å²) in [6, 6.07) is 0. The van der Waals surface area contributed by atoms with E-state index in [0.717, 1.165) is 32.1 Å². The van der Waals surface area contributed by atoms with Gasteiger partial charge >= 0.3 is 6.09 Å². The molecular weight excluding hydrogens is 494 g/mol. The highest BCUT2D eigenvalue weighted by Gasteiger charge is 2.84. The van der Waals surface area contributed by atoms with Crippen molar-refractivity contribution in [2.45, 2.75) is 136 Å². The summed E-state index contributed by atoms with van der Waals surface area (Å²) >= 11 is 0. The number of rotatable bonds is 3. The van der Waals surface area contributed by atoms with Crippen LogP contribution in [0.15, 0.2) is 0 Å². The van der Waals surface area contributed by atoms with E-state index in [0.29, 0.717) is 23.7 Å². The number of carbonyl (C=O) groups excluding carboxylic acids is 1. The van der Waals surface area contributed by atoms with Crippen molar-refractivity contribution in [3.05, 3.63) is 0 Å². The van der Waals surface area contributed by atoms with Crippen LogP contribution in [0.3, 0.4) is 0 Å². The number of aliphatic hydroxyl groups excluding tert-OH is 3. The zero-order valence-electron chi connectivity index (χ0n) is 25.4. The lowest BCUT2D eigenvalue weighted by Gasteiger charge is -2.63. The van der Waals surface area contributed by atoms with E-state index in [9.17, 15) is 20.1 Å². The summed E-state index contributed by atoms with van der Waals surface area (Å²) in [6.45, 7) is 15.1. The van der Waals surface area contributed by atoms with Crippen LogP contribution in [0, 0.1) is 50.7 Å². The molecule has 2 spiro atoms. The molecule has 1 aliphatic heterocycles. The maximum atomic E-state index is 12.3. The van der Waals surface area contributed by atoms with Gasteiger partial charge in [-0.3, -0.25) is 0 Å². The topological polar surface area (TPSA) is 108 Å². The molecular formula is C32H53NO6. The Morgan fingerprint density at radius 3 is 2.33 bits per heavy atom. The number of carbonyl (C=O) groups is 1. The third-order valence-corrected chi connectivity index (χ3v) is 14.4. The molecule has 1 saturated heterocycles. The first-order chi connectivity index (χ1) is 18.0. The number of nitrogens with one attached hydrogen (secondary N) is 1. The van der Waals surface area contributed by atoms with E-state index in [1.807, 2.05) is 0 Å². The van der Waals surface area contributed by atoms with Crippen molar-refractivity contribution in [1.82, 2.24) is 5.32 Å². The lowest BCUT2D eigenvalue weighted by atomic mass is 9.41. The van der Waals surface area contributed by atoms with E-state index in [4.69, 9.17) is 9.47 Å². The Morgan fingerprint density at radius 2 is 1.67 bits per heavy atom. The van der Waals surface area contributed by atoms with Gasteiger partial charge in [-0.25, -0.2) is 4.79 Å². The second-order valence-electron chi connectivity index (χ2n) is 16.3. The zero-order valence-corrected chi connectivity index (χ0v) is 25.4. The van der Waals surface area contributed by atoms with E-state index in [-0.39, 0.29) is 45.7 Å². The molecule has 222 valence electrons. The number of amides is 1. The van der Waals surface area contributed by atoms with Gasteiger partial charge in [0.05, 0.1) is 24.4 Å². The summed E-state index contributed by atoms with van der Waals surface area (Å²) in [5.41, 5.74) is -0.914. The molecule has 6 rings (SSSR count). The van der Waals surface area contributed by atoms with Crippen LogP contribution in [-0.2, 0) is 9.47 Å². The first kappa shape index (κ1) is 28.2. The molecule has 1 unspecified atom stereocenters. The monoisotopic (exact) mass is 547 g/mol. The van der Waals surface area contributed by atoms with Gasteiger partial charge in [0.1, 0.15) is 11.7 Å². The van der Waals surface area contributed by atoms with Gasteiger partial charge < -0.3 is 30.1 Å². The smallest absolute Gasteiger partial charge is 0.407 e. The Balaban J connectivity index is 1.31. The molecule has 39 heavy (non-hydrogen) atoms. The molecule has 5 aliphatic carbocycles. The van der Waals surface area contributed by atoms with E-state index in [1.165, 1.54) is 19.9 Å². The van der Waals surface area contributed by atoms with Crippen molar-refractivity contribution in [3.63, 3.8) is 0 Å². The fraction of sp³-hybridized carbons (Fsp3) is 0.969. The molecule has 1 amide bonds. The number of fused-ring (bicyclic) bond motifs is 4. The fourth-order valence-corrected chi connectivity index (χ4v) is 12.3. The number of alkyl carbamates (subject to hydrolysis) is 1. The number of hydrogen-bond acceptors (Lipinski definition) is 6. The number of hydrogen-bond donors (Lipinski definition) is 4. The molecule has 4 N–H and O–H groups in total. The summed E-state index contributed by atoms with van der Waals surface area (Å²) in [5.74, 6) is 1.48. The Morgan fingerprint density at radius 1 is 1.03 bits per heavy atom. The third kappa shape index (κ3) is 3.28. The molecule has 13 atom stereocenters. The predicted octanol–water partition coefficient (Wildman–Crippen LogP) is 4.66. The van der Waals surface area contributed by atoms with Crippen molar-refractivity contribution in [2.24, 2.45) is 50.7 Å². The number of aliphatic hydroxyl groups is 3. The van der Waals surface area contributed by atoms with Crippen LogP contribution in [0.1, 0.15) is 99.8 Å². The van der Waals surface area contributed by atoms with Crippen LogP contribution >= 0.6 is 0 Å². The molecule has 7 nitrogen and oxygen atoms in total. The maximum absolute atomic E-state index is 12.3. The van der Waals surface area contributed by atoms with Crippen LogP contribution in [0.2, 0.25) is 0 Å². The minimum Gasteiger partial charge on any atom is -0.441 e. The van der Waals surface area contributed by atoms with Gasteiger partial charge in [-0.15, -0.1) is 0 Å². The van der Waals surface area contributed by atoms with Gasteiger partial charge in [0, 0.05) is 12.5 Å². The highest BCUT2D eigenvalue weighted by Crippen LogP contribution is 2.89. The number of ether oxygens (including phenoxy) is 2. The van der Waals surface area contributed by atoms with Crippen LogP contribution in [0.4, 0.5) is 4.79 Å². The fourth-order valence-electron chi connectivity index (χ4n) is 12.3. The molecule has 5 saturated carbocycles. The summed E-state index contributed by atoms with van der Waals surface area (Å²) in [4.78, 5) is 12.0. The van der Waals surface area contributed by atoms with Crippen LogP contribution in [0.25, 0.3) is 0 Å². The minimum atomic E-state index is -1.12. The predicted molar refractivity (Wildman–Crippen MR) is 148 cm³/mol. The second kappa shape index (κ2) is 8.35. The third-order valence-electron chi connectivity index (χ3n) is 14.4. The van der Waals surface area contributed by atoms with Gasteiger partial charge in [0.2, 0.25) is 0 Å². The highest BCUT2D eigenvalue weighted by molar-refractivity contribution is 5.67. The average molecular weight is 548 g/mol. The lowest BCUT2D eigenvalue weighted by Crippen LogP contribution is -2.59. The highest BCUT2D eigenvalue weighted by atomic mass is 16.6. The standard InChI is InChI=1S/C32H53NO6/c1-17-15-18(24(35)28(4,5)39-26(37)33-8)38-23-22(17)29(6)13-14-32-16-31(32)12-11-21(34)27(2,3)19(31)9-10-20(32)30(29,7)25(23)36/h17-25,34-36H,9-16H2,1-8H3,(H,33,37)/t17-,18-,19+,20?,21+,22+,23+,24+,25+,29-,30-,31-,32+/m1/s1. The molecule has 0 aromatic carbocycles. The van der Waals surface area contributed by atoms with Crippen LogP contribution < -0.4 is 5.32 Å². The van der Waals surface area contributed by atoms with Gasteiger partial charge in [0.25, 0.3) is 0 Å². The van der Waals surface area contributed by atoms with Gasteiger partial charge in [-0.1, -0.05) is 34.6 Å². The van der Waals surface area contributed by atoms with Gasteiger partial charge in [-0.05, 0) is 111 Å². The quantitative estimate of drug-likeness (QED) is 0.410. The van der Waals surface area contributed by atoms with E-state index >= 15 is 0 Å². The molecule has 0 aromatic heterocycles. The summed E-state index contributed by atoms with van der Waals surface area (Å²) in [6.07, 6.45) is 5.24. The molecule has 0 bridgehead atoms. The van der Waals surface area contributed by atoms with E-state index < -0.39 is 30.0 Å². The van der Waals surface area contributed by atoms with Crippen molar-refractivity contribution >= 4 is 6.09 Å². The van der Waals surface area contributed by atoms with Crippen molar-refractivity contribution < 1.29 is 29.6 Å². The lowest BCUT2D eigenvalue weighted by molar-refractivity contribution is -0.202. The Bertz CT molecular complexity index is 1030. The van der Waals surface area contributed by atoms with Gasteiger partial charge in [-0.2, -0.15) is 0 Å². The second-order valence-corrected chi connectivity index (χ2v) is 16.3. The first-order valence-corrected chi connectivity index (χ1v) is 15.6. The van der Waals surface area contributed by atoms with Crippen molar-refractivity contribution in [3.8, 4) is 0 Å². The molecule has 1 heterocycles. The normalized spacial score (nSPS) is 54.2. The molecule has 0 radical (unpaired) electrons. The van der Waals surface area contributed by atoms with Crippen LogP contribution in [0.5, 0.6) is 0 Å². The average Bonchev–Trinajstić information content (AvgIpc) is 3.50. The minimum absolute atomic E-state index is 0.0449. The Kier molecular flexibility index (Phi) is 6.05.